The Kier molecular flexibility index (Phi) is 9.66. The molecule has 0 atom stereocenters. The van der Waals surface area contributed by atoms with Crippen LogP contribution in [0.15, 0.2) is 54.6 Å². The van der Waals surface area contributed by atoms with E-state index in [1.807, 2.05) is 30.3 Å². The number of carboxylic acid groups (broad SMARTS) is 1. The maximum Gasteiger partial charge on any atom is 0.335 e. The summed E-state index contributed by atoms with van der Waals surface area (Å²) in [6.45, 7) is 0. The fraction of sp³-hybridized carbons (Fsp3) is 0.464. The van der Waals surface area contributed by atoms with E-state index in [1.165, 1.54) is 18.6 Å². The average Bonchev–Trinajstić information content (AvgIpc) is 2.94. The van der Waals surface area contributed by atoms with Gasteiger partial charge in [-0.3, -0.25) is 21.7 Å². The molecule has 38 heavy (non-hydrogen) atoms. The standard InChI is InChI=1S/C28H38N6O4/c35-26(36)21-10-16-25(17-11-21)32-34-28(38)30-23-14-8-20(9-15-23)18-19-6-12-22(13-7-19)29-27(37)33-31-24-4-2-1-3-5-24/h1-5,10-11,16-17,19-20,22-23,31-32H,6-9,12-15,18H2,(H,35,36)(H2,29,33,37)(H2,30,34,38). The highest BCUT2D eigenvalue weighted by Gasteiger charge is 2.28. The van der Waals surface area contributed by atoms with E-state index in [0.29, 0.717) is 17.5 Å². The van der Waals surface area contributed by atoms with Gasteiger partial charge < -0.3 is 15.7 Å². The fourth-order valence-corrected chi connectivity index (χ4v) is 5.47. The van der Waals surface area contributed by atoms with Gasteiger partial charge in [0.05, 0.1) is 16.9 Å². The molecule has 2 fully saturated rings. The Labute approximate surface area is 223 Å². The lowest BCUT2D eigenvalue weighted by Gasteiger charge is -2.34. The molecule has 2 aliphatic rings. The smallest absolute Gasteiger partial charge is 0.335 e. The summed E-state index contributed by atoms with van der Waals surface area (Å²) in [5.41, 5.74) is 12.7. The molecule has 10 nitrogen and oxygen atoms in total. The minimum absolute atomic E-state index is 0.158. The summed E-state index contributed by atoms with van der Waals surface area (Å²) < 4.78 is 0. The maximum absolute atomic E-state index is 12.3. The maximum atomic E-state index is 12.3. The molecular formula is C28H38N6O4. The lowest BCUT2D eigenvalue weighted by atomic mass is 9.76. The topological polar surface area (TPSA) is 144 Å². The molecule has 0 aromatic heterocycles. The third-order valence-corrected chi connectivity index (χ3v) is 7.58. The van der Waals surface area contributed by atoms with Gasteiger partial charge in [0.1, 0.15) is 0 Å². The van der Waals surface area contributed by atoms with Crippen LogP contribution < -0.4 is 32.3 Å². The van der Waals surface area contributed by atoms with Crippen LogP contribution in [0.3, 0.4) is 0 Å². The molecule has 204 valence electrons. The van der Waals surface area contributed by atoms with Crippen LogP contribution in [0.2, 0.25) is 0 Å². The van der Waals surface area contributed by atoms with Crippen molar-refractivity contribution < 1.29 is 19.5 Å². The van der Waals surface area contributed by atoms with Gasteiger partial charge in [-0.25, -0.2) is 14.4 Å². The third-order valence-electron chi connectivity index (χ3n) is 7.58. The van der Waals surface area contributed by atoms with Gasteiger partial charge in [-0.05, 0) is 106 Å². The summed E-state index contributed by atoms with van der Waals surface area (Å²) in [6, 6.07) is 15.6. The Morgan fingerprint density at radius 1 is 0.632 bits per heavy atom. The van der Waals surface area contributed by atoms with Gasteiger partial charge in [0, 0.05) is 12.1 Å². The van der Waals surface area contributed by atoms with Crippen molar-refractivity contribution in [3.05, 3.63) is 60.2 Å². The van der Waals surface area contributed by atoms with Gasteiger partial charge >= 0.3 is 18.0 Å². The second-order valence-electron chi connectivity index (χ2n) is 10.4. The number of rotatable bonds is 9. The molecule has 2 aromatic rings. The molecule has 2 aromatic carbocycles. The molecule has 4 amide bonds. The number of hydrogen-bond acceptors (Lipinski definition) is 5. The largest absolute Gasteiger partial charge is 0.478 e. The van der Waals surface area contributed by atoms with E-state index in [-0.39, 0.29) is 29.7 Å². The summed E-state index contributed by atoms with van der Waals surface area (Å²) >= 11 is 0. The van der Waals surface area contributed by atoms with Crippen LogP contribution >= 0.6 is 0 Å². The molecule has 0 bridgehead atoms. The van der Waals surface area contributed by atoms with E-state index in [1.54, 1.807) is 12.1 Å². The predicted octanol–water partition coefficient (Wildman–Crippen LogP) is 4.84. The Balaban J connectivity index is 1.06. The number of nitrogens with one attached hydrogen (secondary N) is 6. The van der Waals surface area contributed by atoms with Crippen molar-refractivity contribution in [1.82, 2.24) is 21.5 Å². The molecule has 2 saturated carbocycles. The van der Waals surface area contributed by atoms with E-state index < -0.39 is 5.97 Å². The van der Waals surface area contributed by atoms with Crippen LogP contribution in [0.25, 0.3) is 0 Å². The van der Waals surface area contributed by atoms with Crippen LogP contribution in [0, 0.1) is 11.8 Å². The Morgan fingerprint density at radius 2 is 1.08 bits per heavy atom. The number of aromatic carboxylic acids is 1. The van der Waals surface area contributed by atoms with Crippen LogP contribution in [-0.2, 0) is 0 Å². The molecule has 7 N–H and O–H groups in total. The first-order chi connectivity index (χ1) is 18.4. The third kappa shape index (κ3) is 8.57. The highest BCUT2D eigenvalue weighted by molar-refractivity contribution is 5.88. The van der Waals surface area contributed by atoms with Crippen molar-refractivity contribution in [3.8, 4) is 0 Å². The first-order valence-electron chi connectivity index (χ1n) is 13.5. The summed E-state index contributed by atoms with van der Waals surface area (Å²) in [6.07, 6.45) is 9.67. The zero-order valence-corrected chi connectivity index (χ0v) is 21.5. The van der Waals surface area contributed by atoms with Gasteiger partial charge in [0.15, 0.2) is 0 Å². The van der Waals surface area contributed by atoms with Gasteiger partial charge in [-0.2, -0.15) is 0 Å². The number of para-hydroxylation sites is 1. The number of carbonyl (C=O) groups is 3. The minimum Gasteiger partial charge on any atom is -0.478 e. The molecule has 2 aliphatic carbocycles. The first-order valence-corrected chi connectivity index (χ1v) is 13.5. The quantitative estimate of drug-likeness (QED) is 0.235. The lowest BCUT2D eigenvalue weighted by Crippen LogP contribution is -2.46. The second-order valence-corrected chi connectivity index (χ2v) is 10.4. The van der Waals surface area contributed by atoms with Crippen molar-refractivity contribution in [1.29, 1.82) is 0 Å². The van der Waals surface area contributed by atoms with E-state index in [4.69, 9.17) is 5.11 Å². The Hall–Kier alpha value is -3.95. The molecule has 0 unspecified atom stereocenters. The average molecular weight is 523 g/mol. The SMILES string of the molecule is O=C(NNc1ccccc1)NC1CCC(CC2CCC(NC(=O)NNc3ccc(C(=O)O)cc3)CC2)CC1. The summed E-state index contributed by atoms with van der Waals surface area (Å²) in [5, 5.41) is 15.1. The van der Waals surface area contributed by atoms with E-state index >= 15 is 0 Å². The summed E-state index contributed by atoms with van der Waals surface area (Å²) in [4.78, 5) is 35.4. The fourth-order valence-electron chi connectivity index (χ4n) is 5.47. The first kappa shape index (κ1) is 27.1. The second kappa shape index (κ2) is 13.6. The Morgan fingerprint density at radius 3 is 1.53 bits per heavy atom. The van der Waals surface area contributed by atoms with Crippen LogP contribution in [0.4, 0.5) is 21.0 Å². The lowest BCUT2D eigenvalue weighted by molar-refractivity contribution is 0.0697. The number of carboxylic acids is 1. The van der Waals surface area contributed by atoms with Gasteiger partial charge in [-0.1, -0.05) is 18.2 Å². The molecule has 0 spiro atoms. The van der Waals surface area contributed by atoms with Crippen LogP contribution in [-0.4, -0.2) is 35.2 Å². The number of anilines is 2. The van der Waals surface area contributed by atoms with Gasteiger partial charge in [0.25, 0.3) is 0 Å². The van der Waals surface area contributed by atoms with Crippen molar-refractivity contribution >= 4 is 29.4 Å². The number of hydrazine groups is 2. The Bertz CT molecular complexity index is 1050. The van der Waals surface area contributed by atoms with Crippen molar-refractivity contribution in [2.45, 2.75) is 69.9 Å². The normalized spacial score (nSPS) is 22.9. The number of amides is 4. The van der Waals surface area contributed by atoms with Crippen LogP contribution in [0.1, 0.15) is 68.1 Å². The van der Waals surface area contributed by atoms with Crippen molar-refractivity contribution in [3.63, 3.8) is 0 Å². The van der Waals surface area contributed by atoms with E-state index in [9.17, 15) is 14.4 Å². The minimum atomic E-state index is -0.987. The van der Waals surface area contributed by atoms with E-state index in [2.05, 4.69) is 32.3 Å². The zero-order valence-electron chi connectivity index (χ0n) is 21.5. The summed E-state index contributed by atoms with van der Waals surface area (Å²) in [7, 11) is 0. The van der Waals surface area contributed by atoms with Crippen LogP contribution in [0.5, 0.6) is 0 Å². The molecule has 0 heterocycles. The molecule has 0 saturated heterocycles. The monoisotopic (exact) mass is 522 g/mol. The number of carbonyl (C=O) groups excluding carboxylic acids is 2. The van der Waals surface area contributed by atoms with E-state index in [0.717, 1.165) is 57.1 Å². The van der Waals surface area contributed by atoms with Gasteiger partial charge in [-0.15, -0.1) is 0 Å². The highest BCUT2D eigenvalue weighted by Crippen LogP contribution is 2.35. The van der Waals surface area contributed by atoms with Crippen molar-refractivity contribution in [2.75, 3.05) is 10.9 Å². The molecular weight excluding hydrogens is 484 g/mol. The molecule has 10 heteroatoms. The summed E-state index contributed by atoms with van der Waals surface area (Å²) in [5.74, 6) is 0.405. The molecule has 0 radical (unpaired) electrons. The molecule has 4 rings (SSSR count). The highest BCUT2D eigenvalue weighted by atomic mass is 16.4. The predicted molar refractivity (Wildman–Crippen MR) is 147 cm³/mol. The number of benzene rings is 2. The molecule has 0 aliphatic heterocycles. The van der Waals surface area contributed by atoms with Crippen molar-refractivity contribution in [2.24, 2.45) is 11.8 Å². The number of hydrogen-bond donors (Lipinski definition) is 7. The number of urea groups is 2. The zero-order chi connectivity index (χ0) is 26.7. The van der Waals surface area contributed by atoms with Gasteiger partial charge in [0.2, 0.25) is 0 Å².